The van der Waals surface area contributed by atoms with Crippen LogP contribution in [-0.4, -0.2) is 80.2 Å². The van der Waals surface area contributed by atoms with E-state index in [2.05, 4.69) is 0 Å². The Balaban J connectivity index is 1.50. The first-order valence-electron chi connectivity index (χ1n) is 12.9. The molecule has 0 N–H and O–H groups in total. The number of benzene rings is 2. The van der Waals surface area contributed by atoms with E-state index in [4.69, 9.17) is 27.9 Å². The SMILES string of the molecule is C[C@@H](Oc1ccc(C(F)(F)F)cc1)C1CN(C(=O)N2CCC(N(C)S(C)(=O)=O)CC2)CC1c1ccc(Cl)c(Cl)c1. The molecule has 7 nitrogen and oxygen atoms in total. The van der Waals surface area contributed by atoms with E-state index in [1.54, 1.807) is 29.0 Å². The molecule has 2 aliphatic rings. The summed E-state index contributed by atoms with van der Waals surface area (Å²) < 4.78 is 70.2. The van der Waals surface area contributed by atoms with Gasteiger partial charge in [0.1, 0.15) is 11.9 Å². The van der Waals surface area contributed by atoms with Gasteiger partial charge >= 0.3 is 12.2 Å². The topological polar surface area (TPSA) is 70.2 Å². The third-order valence-electron chi connectivity index (χ3n) is 7.89. The molecule has 2 amide bonds. The van der Waals surface area contributed by atoms with Crippen LogP contribution in [0.4, 0.5) is 18.0 Å². The van der Waals surface area contributed by atoms with Crippen molar-refractivity contribution < 1.29 is 31.1 Å². The minimum absolute atomic E-state index is 0.144. The highest BCUT2D eigenvalue weighted by Gasteiger charge is 2.42. The van der Waals surface area contributed by atoms with E-state index in [1.807, 2.05) is 13.0 Å². The molecule has 40 heavy (non-hydrogen) atoms. The largest absolute Gasteiger partial charge is 0.490 e. The van der Waals surface area contributed by atoms with Crippen molar-refractivity contribution in [2.75, 3.05) is 39.5 Å². The van der Waals surface area contributed by atoms with Crippen LogP contribution in [0.3, 0.4) is 0 Å². The highest BCUT2D eigenvalue weighted by Crippen LogP contribution is 2.39. The number of piperidine rings is 1. The Kier molecular flexibility index (Phi) is 9.19. The molecule has 2 aliphatic heterocycles. The molecule has 4 rings (SSSR count). The zero-order chi connectivity index (χ0) is 29.4. The lowest BCUT2D eigenvalue weighted by atomic mass is 9.85. The summed E-state index contributed by atoms with van der Waals surface area (Å²) in [6.45, 7) is 3.46. The molecular weight excluding hydrogens is 590 g/mol. The van der Waals surface area contributed by atoms with Crippen LogP contribution in [0.1, 0.15) is 36.8 Å². The van der Waals surface area contributed by atoms with E-state index in [0.717, 1.165) is 17.7 Å². The minimum Gasteiger partial charge on any atom is -0.490 e. The van der Waals surface area contributed by atoms with Gasteiger partial charge in [-0.2, -0.15) is 13.2 Å². The van der Waals surface area contributed by atoms with Gasteiger partial charge in [0.05, 0.1) is 21.9 Å². The summed E-state index contributed by atoms with van der Waals surface area (Å²) in [6, 6.07) is 9.57. The zero-order valence-electron chi connectivity index (χ0n) is 22.4. The fourth-order valence-electron chi connectivity index (χ4n) is 5.47. The lowest BCUT2D eigenvalue weighted by Gasteiger charge is -2.37. The van der Waals surface area contributed by atoms with Crippen molar-refractivity contribution in [3.63, 3.8) is 0 Å². The second-order valence-electron chi connectivity index (χ2n) is 10.5. The van der Waals surface area contributed by atoms with E-state index < -0.39 is 27.9 Å². The number of hydrogen-bond donors (Lipinski definition) is 0. The Morgan fingerprint density at radius 3 is 2.20 bits per heavy atom. The number of halogens is 5. The van der Waals surface area contributed by atoms with Gasteiger partial charge in [0.15, 0.2) is 0 Å². The molecule has 0 radical (unpaired) electrons. The number of carbonyl (C=O) groups is 1. The average molecular weight is 623 g/mol. The quantitative estimate of drug-likeness (QED) is 0.398. The Morgan fingerprint density at radius 2 is 1.65 bits per heavy atom. The first-order chi connectivity index (χ1) is 18.6. The second kappa shape index (κ2) is 12.0. The molecule has 2 heterocycles. The number of nitrogens with zero attached hydrogens (tertiary/aromatic N) is 3. The number of hydrogen-bond acceptors (Lipinski definition) is 4. The normalized spacial score (nSPS) is 21.6. The molecule has 0 aliphatic carbocycles. The maximum Gasteiger partial charge on any atom is 0.416 e. The van der Waals surface area contributed by atoms with Crippen molar-refractivity contribution in [3.05, 3.63) is 63.6 Å². The lowest BCUT2D eigenvalue weighted by Crippen LogP contribution is -2.50. The third kappa shape index (κ3) is 6.98. The lowest BCUT2D eigenvalue weighted by molar-refractivity contribution is -0.137. The van der Waals surface area contributed by atoms with Gasteiger partial charge in [-0.15, -0.1) is 0 Å². The predicted molar refractivity (Wildman–Crippen MR) is 148 cm³/mol. The van der Waals surface area contributed by atoms with E-state index in [0.29, 0.717) is 54.8 Å². The molecular formula is C27H32Cl2F3N3O4S. The van der Waals surface area contributed by atoms with Crippen molar-refractivity contribution in [1.29, 1.82) is 0 Å². The standard InChI is InChI=1S/C27H32Cl2F3N3O4S/c1-17(39-21-7-5-19(6-8-21)27(30,31)32)22-15-35(16-23(22)18-4-9-24(28)25(29)14-18)26(36)34-12-10-20(11-13-34)33(2)40(3,37)38/h4-9,14,17,20,22-23H,10-13,15-16H2,1-3H3/t17-,22?,23?/m1/s1. The molecule has 2 aromatic carbocycles. The summed E-state index contributed by atoms with van der Waals surface area (Å²) >= 11 is 12.4. The van der Waals surface area contributed by atoms with Crippen molar-refractivity contribution in [3.8, 4) is 5.75 Å². The fourth-order valence-corrected chi connectivity index (χ4v) is 6.53. The van der Waals surface area contributed by atoms with Crippen molar-refractivity contribution in [2.24, 2.45) is 5.92 Å². The number of carbonyl (C=O) groups excluding carboxylic acids is 1. The van der Waals surface area contributed by atoms with Crippen LogP contribution in [0, 0.1) is 5.92 Å². The molecule has 2 fully saturated rings. The number of alkyl halides is 3. The van der Waals surface area contributed by atoms with E-state index in [-0.39, 0.29) is 23.9 Å². The van der Waals surface area contributed by atoms with Crippen LogP contribution in [-0.2, 0) is 16.2 Å². The summed E-state index contributed by atoms with van der Waals surface area (Å²) in [5.41, 5.74) is 0.122. The fraction of sp³-hybridized carbons (Fsp3) is 0.519. The number of sulfonamides is 1. The zero-order valence-corrected chi connectivity index (χ0v) is 24.7. The minimum atomic E-state index is -4.44. The van der Waals surface area contributed by atoms with E-state index in [1.165, 1.54) is 22.7 Å². The van der Waals surface area contributed by atoms with Gasteiger partial charge in [-0.1, -0.05) is 29.3 Å². The second-order valence-corrected chi connectivity index (χ2v) is 13.3. The van der Waals surface area contributed by atoms with Crippen LogP contribution in [0.5, 0.6) is 5.75 Å². The molecule has 13 heteroatoms. The van der Waals surface area contributed by atoms with Crippen LogP contribution >= 0.6 is 23.2 Å². The van der Waals surface area contributed by atoms with E-state index >= 15 is 0 Å². The molecule has 0 aromatic heterocycles. The molecule has 0 bridgehead atoms. The molecule has 3 atom stereocenters. The van der Waals surface area contributed by atoms with Crippen LogP contribution in [0.15, 0.2) is 42.5 Å². The number of amides is 2. The van der Waals surface area contributed by atoms with Gasteiger partial charge in [-0.25, -0.2) is 17.5 Å². The maximum atomic E-state index is 13.6. The number of urea groups is 1. The predicted octanol–water partition coefficient (Wildman–Crippen LogP) is 5.97. The highest BCUT2D eigenvalue weighted by molar-refractivity contribution is 7.88. The number of rotatable bonds is 6. The molecule has 0 saturated carbocycles. The first kappa shape index (κ1) is 30.7. The van der Waals surface area contributed by atoms with Crippen molar-refractivity contribution >= 4 is 39.3 Å². The van der Waals surface area contributed by atoms with Gasteiger partial charge in [0, 0.05) is 51.1 Å². The molecule has 2 aromatic rings. The molecule has 0 spiro atoms. The Morgan fingerprint density at radius 1 is 1.02 bits per heavy atom. The first-order valence-corrected chi connectivity index (χ1v) is 15.5. The highest BCUT2D eigenvalue weighted by atomic mass is 35.5. The van der Waals surface area contributed by atoms with Crippen molar-refractivity contribution in [1.82, 2.24) is 14.1 Å². The molecule has 2 unspecified atom stereocenters. The monoisotopic (exact) mass is 621 g/mol. The van der Waals surface area contributed by atoms with Crippen LogP contribution < -0.4 is 4.74 Å². The van der Waals surface area contributed by atoms with Gasteiger partial charge in [-0.05, 0) is 61.7 Å². The van der Waals surface area contributed by atoms with Gasteiger partial charge in [0.2, 0.25) is 10.0 Å². The number of likely N-dealkylation sites (tertiary alicyclic amines) is 2. The molecule has 2 saturated heterocycles. The smallest absolute Gasteiger partial charge is 0.416 e. The van der Waals surface area contributed by atoms with E-state index in [9.17, 15) is 26.4 Å². The summed E-state index contributed by atoms with van der Waals surface area (Å²) in [4.78, 5) is 17.0. The summed E-state index contributed by atoms with van der Waals surface area (Å²) in [5, 5.41) is 0.792. The van der Waals surface area contributed by atoms with Crippen LogP contribution in [0.25, 0.3) is 0 Å². The maximum absolute atomic E-state index is 13.6. The average Bonchev–Trinajstić information content (AvgIpc) is 3.34. The Bertz CT molecular complexity index is 1320. The molecule has 220 valence electrons. The Hall–Kier alpha value is -2.21. The van der Waals surface area contributed by atoms with Gasteiger partial charge in [-0.3, -0.25) is 0 Å². The Labute approximate surface area is 242 Å². The van der Waals surface area contributed by atoms with Gasteiger partial charge < -0.3 is 14.5 Å². The van der Waals surface area contributed by atoms with Crippen molar-refractivity contribution in [2.45, 2.75) is 44.0 Å². The summed E-state index contributed by atoms with van der Waals surface area (Å²) in [6.07, 6.45) is -2.63. The van der Waals surface area contributed by atoms with Gasteiger partial charge in [0.25, 0.3) is 0 Å². The summed E-state index contributed by atoms with van der Waals surface area (Å²) in [5.74, 6) is -0.0373. The summed E-state index contributed by atoms with van der Waals surface area (Å²) in [7, 11) is -1.77. The number of ether oxygens (including phenoxy) is 1. The van der Waals surface area contributed by atoms with Crippen LogP contribution in [0.2, 0.25) is 10.0 Å². The third-order valence-corrected chi connectivity index (χ3v) is 9.97.